The van der Waals surface area contributed by atoms with E-state index in [9.17, 15) is 9.59 Å². The number of piperazine rings is 1. The SMILES string of the molecule is COC(=O)CN1CCN(CC2CCN(C(=O)OC(C)(C)C)CC2)CC1. The van der Waals surface area contributed by atoms with Crippen LogP contribution in [-0.4, -0.2) is 91.8 Å². The Balaban J connectivity index is 1.66. The Morgan fingerprint density at radius 3 is 2.04 bits per heavy atom. The van der Waals surface area contributed by atoms with Crippen LogP contribution in [0.3, 0.4) is 0 Å². The van der Waals surface area contributed by atoms with Gasteiger partial charge in [0.05, 0.1) is 13.7 Å². The van der Waals surface area contributed by atoms with Crippen LogP contribution in [-0.2, 0) is 14.3 Å². The fourth-order valence-electron chi connectivity index (χ4n) is 3.37. The molecule has 0 unspecified atom stereocenters. The van der Waals surface area contributed by atoms with E-state index in [4.69, 9.17) is 9.47 Å². The van der Waals surface area contributed by atoms with Crippen molar-refractivity contribution in [3.05, 3.63) is 0 Å². The van der Waals surface area contributed by atoms with Crippen molar-refractivity contribution in [1.82, 2.24) is 14.7 Å². The van der Waals surface area contributed by atoms with Crippen LogP contribution in [0, 0.1) is 5.92 Å². The lowest BCUT2D eigenvalue weighted by Crippen LogP contribution is -2.50. The fraction of sp³-hybridized carbons (Fsp3) is 0.889. The molecule has 0 bridgehead atoms. The van der Waals surface area contributed by atoms with E-state index in [0.29, 0.717) is 12.5 Å². The predicted octanol–water partition coefficient (Wildman–Crippen LogP) is 1.42. The molecule has 0 aromatic rings. The van der Waals surface area contributed by atoms with E-state index in [0.717, 1.165) is 58.7 Å². The molecule has 25 heavy (non-hydrogen) atoms. The Morgan fingerprint density at radius 2 is 1.52 bits per heavy atom. The summed E-state index contributed by atoms with van der Waals surface area (Å²) in [6.45, 7) is 12.5. The predicted molar refractivity (Wildman–Crippen MR) is 95.4 cm³/mol. The van der Waals surface area contributed by atoms with Crippen molar-refractivity contribution in [2.75, 3.05) is 59.5 Å². The third-order valence-electron chi connectivity index (χ3n) is 4.83. The average Bonchev–Trinajstić information content (AvgIpc) is 2.55. The van der Waals surface area contributed by atoms with Gasteiger partial charge in [-0.3, -0.25) is 9.69 Å². The zero-order chi connectivity index (χ0) is 18.4. The van der Waals surface area contributed by atoms with Gasteiger partial charge in [0.1, 0.15) is 5.60 Å². The number of nitrogens with zero attached hydrogens (tertiary/aromatic N) is 3. The molecule has 2 fully saturated rings. The Labute approximate surface area is 151 Å². The smallest absolute Gasteiger partial charge is 0.410 e. The summed E-state index contributed by atoms with van der Waals surface area (Å²) in [5, 5.41) is 0. The number of amides is 1. The highest BCUT2D eigenvalue weighted by Crippen LogP contribution is 2.21. The van der Waals surface area contributed by atoms with E-state index in [2.05, 4.69) is 9.80 Å². The van der Waals surface area contributed by atoms with Gasteiger partial charge in [0.15, 0.2) is 0 Å². The van der Waals surface area contributed by atoms with Gasteiger partial charge in [-0.2, -0.15) is 0 Å². The first kappa shape index (κ1) is 20.0. The topological polar surface area (TPSA) is 62.3 Å². The van der Waals surface area contributed by atoms with E-state index in [-0.39, 0.29) is 12.1 Å². The summed E-state index contributed by atoms with van der Waals surface area (Å²) in [7, 11) is 1.43. The minimum Gasteiger partial charge on any atom is -0.468 e. The van der Waals surface area contributed by atoms with Gasteiger partial charge in [0.2, 0.25) is 0 Å². The average molecular weight is 355 g/mol. The van der Waals surface area contributed by atoms with Gasteiger partial charge in [0, 0.05) is 45.8 Å². The molecule has 2 rings (SSSR count). The largest absolute Gasteiger partial charge is 0.468 e. The fourth-order valence-corrected chi connectivity index (χ4v) is 3.37. The van der Waals surface area contributed by atoms with Crippen molar-refractivity contribution >= 4 is 12.1 Å². The van der Waals surface area contributed by atoms with Gasteiger partial charge in [-0.05, 0) is 39.5 Å². The summed E-state index contributed by atoms with van der Waals surface area (Å²) in [5.41, 5.74) is -0.433. The summed E-state index contributed by atoms with van der Waals surface area (Å²) in [5.74, 6) is 0.466. The Kier molecular flexibility index (Phi) is 7.07. The second kappa shape index (κ2) is 8.85. The molecule has 0 atom stereocenters. The summed E-state index contributed by atoms with van der Waals surface area (Å²) in [6, 6.07) is 0. The lowest BCUT2D eigenvalue weighted by Gasteiger charge is -2.38. The van der Waals surface area contributed by atoms with Gasteiger partial charge in [-0.25, -0.2) is 4.79 Å². The molecule has 2 saturated heterocycles. The van der Waals surface area contributed by atoms with Gasteiger partial charge in [0.25, 0.3) is 0 Å². The van der Waals surface area contributed by atoms with Crippen molar-refractivity contribution in [1.29, 1.82) is 0 Å². The first-order valence-electron chi connectivity index (χ1n) is 9.26. The number of hydrogen-bond donors (Lipinski definition) is 0. The molecule has 2 aliphatic rings. The Morgan fingerprint density at radius 1 is 0.960 bits per heavy atom. The Hall–Kier alpha value is -1.34. The van der Waals surface area contributed by atoms with Gasteiger partial charge >= 0.3 is 12.1 Å². The molecule has 7 nitrogen and oxygen atoms in total. The van der Waals surface area contributed by atoms with Crippen molar-refractivity contribution in [2.24, 2.45) is 5.92 Å². The molecular weight excluding hydrogens is 322 g/mol. The zero-order valence-corrected chi connectivity index (χ0v) is 16.1. The molecule has 0 aromatic heterocycles. The van der Waals surface area contributed by atoms with Crippen LogP contribution in [0.2, 0.25) is 0 Å². The van der Waals surface area contributed by atoms with Crippen LogP contribution in [0.1, 0.15) is 33.6 Å². The molecule has 7 heteroatoms. The number of esters is 1. The van der Waals surface area contributed by atoms with Crippen LogP contribution >= 0.6 is 0 Å². The third kappa shape index (κ3) is 6.82. The monoisotopic (exact) mass is 355 g/mol. The normalized spacial score (nSPS) is 21.2. The second-order valence-corrected chi connectivity index (χ2v) is 8.06. The molecule has 144 valence electrons. The quantitative estimate of drug-likeness (QED) is 0.711. The Bertz CT molecular complexity index is 448. The molecule has 1 amide bonds. The maximum atomic E-state index is 12.1. The highest BCUT2D eigenvalue weighted by atomic mass is 16.6. The first-order chi connectivity index (χ1) is 11.8. The van der Waals surface area contributed by atoms with E-state index in [1.54, 1.807) is 0 Å². The molecule has 0 saturated carbocycles. The van der Waals surface area contributed by atoms with Crippen LogP contribution in [0.25, 0.3) is 0 Å². The third-order valence-corrected chi connectivity index (χ3v) is 4.83. The van der Waals surface area contributed by atoms with Gasteiger partial charge in [-0.1, -0.05) is 0 Å². The summed E-state index contributed by atoms with van der Waals surface area (Å²) >= 11 is 0. The highest BCUT2D eigenvalue weighted by molar-refractivity contribution is 5.71. The maximum absolute atomic E-state index is 12.1. The minimum atomic E-state index is -0.433. The highest BCUT2D eigenvalue weighted by Gasteiger charge is 2.28. The number of hydrogen-bond acceptors (Lipinski definition) is 6. The number of likely N-dealkylation sites (tertiary alicyclic amines) is 1. The summed E-state index contributed by atoms with van der Waals surface area (Å²) in [6.07, 6.45) is 1.87. The van der Waals surface area contributed by atoms with E-state index in [1.807, 2.05) is 25.7 Å². The molecule has 0 aromatic carbocycles. The lowest BCUT2D eigenvalue weighted by atomic mass is 9.96. The van der Waals surface area contributed by atoms with Gasteiger partial charge < -0.3 is 19.3 Å². The van der Waals surface area contributed by atoms with Gasteiger partial charge in [-0.15, -0.1) is 0 Å². The molecule has 0 N–H and O–H groups in total. The van der Waals surface area contributed by atoms with E-state index >= 15 is 0 Å². The lowest BCUT2D eigenvalue weighted by molar-refractivity contribution is -0.142. The number of carbonyl (C=O) groups excluding carboxylic acids is 2. The number of piperidine rings is 1. The van der Waals surface area contributed by atoms with Crippen LogP contribution in [0.15, 0.2) is 0 Å². The number of ether oxygens (including phenoxy) is 2. The zero-order valence-electron chi connectivity index (χ0n) is 16.1. The molecule has 2 aliphatic heterocycles. The maximum Gasteiger partial charge on any atom is 0.410 e. The van der Waals surface area contributed by atoms with Crippen molar-refractivity contribution in [3.63, 3.8) is 0 Å². The summed E-state index contributed by atoms with van der Waals surface area (Å²) in [4.78, 5) is 29.9. The van der Waals surface area contributed by atoms with E-state index < -0.39 is 5.60 Å². The van der Waals surface area contributed by atoms with E-state index in [1.165, 1.54) is 7.11 Å². The number of rotatable bonds is 4. The molecule has 0 spiro atoms. The van der Waals surface area contributed by atoms with Crippen molar-refractivity contribution < 1.29 is 19.1 Å². The van der Waals surface area contributed by atoms with Crippen LogP contribution < -0.4 is 0 Å². The second-order valence-electron chi connectivity index (χ2n) is 8.06. The minimum absolute atomic E-state index is 0.164. The van der Waals surface area contributed by atoms with Crippen molar-refractivity contribution in [3.8, 4) is 0 Å². The standard InChI is InChI=1S/C18H33N3O4/c1-18(2,3)25-17(23)21-7-5-15(6-8-21)13-19-9-11-20(12-10-19)14-16(22)24-4/h15H,5-14H2,1-4H3. The summed E-state index contributed by atoms with van der Waals surface area (Å²) < 4.78 is 10.2. The van der Waals surface area contributed by atoms with Crippen LogP contribution in [0.5, 0.6) is 0 Å². The first-order valence-corrected chi connectivity index (χ1v) is 9.26. The van der Waals surface area contributed by atoms with Crippen molar-refractivity contribution in [2.45, 2.75) is 39.2 Å². The molecule has 0 radical (unpaired) electrons. The molecule has 0 aliphatic carbocycles. The molecular formula is C18H33N3O4. The number of methoxy groups -OCH3 is 1. The van der Waals surface area contributed by atoms with Crippen LogP contribution in [0.4, 0.5) is 4.79 Å². The number of carbonyl (C=O) groups is 2. The molecule has 2 heterocycles.